The van der Waals surface area contributed by atoms with Gasteiger partial charge in [-0.25, -0.2) is 5.43 Å². The van der Waals surface area contributed by atoms with Gasteiger partial charge in [0.05, 0.1) is 29.2 Å². The van der Waals surface area contributed by atoms with Gasteiger partial charge in [-0.3, -0.25) is 14.3 Å². The minimum atomic E-state index is -0.583. The van der Waals surface area contributed by atoms with Crippen molar-refractivity contribution >= 4 is 34.0 Å². The summed E-state index contributed by atoms with van der Waals surface area (Å²) < 4.78 is 12.9. The molecule has 0 fully saturated rings. The number of halogens is 1. The van der Waals surface area contributed by atoms with Crippen LogP contribution in [0.1, 0.15) is 17.0 Å². The fourth-order valence-electron chi connectivity index (χ4n) is 2.21. The van der Waals surface area contributed by atoms with Crippen molar-refractivity contribution in [2.75, 3.05) is 13.7 Å². The van der Waals surface area contributed by atoms with Crippen molar-refractivity contribution < 1.29 is 19.1 Å². The topological polar surface area (TPSA) is 121 Å². The third-order valence-corrected chi connectivity index (χ3v) is 4.69. The molecule has 10 heteroatoms. The van der Waals surface area contributed by atoms with Crippen LogP contribution in [-0.4, -0.2) is 41.5 Å². The minimum Gasteiger partial charge on any atom is -0.493 e. The van der Waals surface area contributed by atoms with Crippen LogP contribution in [0.2, 0.25) is 0 Å². The van der Waals surface area contributed by atoms with Crippen LogP contribution in [0.3, 0.4) is 0 Å². The van der Waals surface area contributed by atoms with E-state index in [1.54, 1.807) is 22.9 Å². The highest BCUT2D eigenvalue weighted by molar-refractivity contribution is 9.10. The molecule has 0 aliphatic carbocycles. The number of ether oxygens (including phenoxy) is 2. The van der Waals surface area contributed by atoms with Gasteiger partial charge in [-0.15, -0.1) is 0 Å². The predicted molar refractivity (Wildman–Crippen MR) is 103 cm³/mol. The smallest absolute Gasteiger partial charge is 0.261 e. The Labute approximate surface area is 164 Å². The third kappa shape index (κ3) is 5.55. The summed E-state index contributed by atoms with van der Waals surface area (Å²) >= 11 is 3.42. The lowest BCUT2D eigenvalue weighted by Crippen LogP contribution is -2.24. The quantitative estimate of drug-likeness (QED) is 0.475. The third-order valence-electron chi connectivity index (χ3n) is 3.55. The maximum absolute atomic E-state index is 12.0. The maximum Gasteiger partial charge on any atom is 0.261 e. The van der Waals surface area contributed by atoms with Gasteiger partial charge in [0, 0.05) is 0 Å². The van der Waals surface area contributed by atoms with Crippen molar-refractivity contribution in [2.24, 2.45) is 10.8 Å². The highest BCUT2D eigenvalue weighted by Crippen LogP contribution is 2.27. The summed E-state index contributed by atoms with van der Waals surface area (Å²) in [5, 5.41) is 8.20. The molecule has 1 aromatic carbocycles. The van der Waals surface area contributed by atoms with Gasteiger partial charge in [-0.05, 0) is 53.5 Å². The summed E-state index contributed by atoms with van der Waals surface area (Å²) in [5.74, 6) is -0.0932. The van der Waals surface area contributed by atoms with Crippen molar-refractivity contribution in [1.82, 2.24) is 15.2 Å². The van der Waals surface area contributed by atoms with Crippen LogP contribution < -0.4 is 20.6 Å². The number of carbonyl (C=O) groups is 2. The van der Waals surface area contributed by atoms with E-state index in [0.29, 0.717) is 17.1 Å². The molecule has 1 heterocycles. The molecular formula is C17H20BrN5O4. The zero-order valence-corrected chi connectivity index (χ0v) is 16.7. The number of nitrogens with one attached hydrogen (secondary N) is 1. The Kier molecular flexibility index (Phi) is 6.94. The Morgan fingerprint density at radius 3 is 2.70 bits per heavy atom. The van der Waals surface area contributed by atoms with E-state index >= 15 is 0 Å². The molecule has 144 valence electrons. The molecule has 2 amide bonds. The van der Waals surface area contributed by atoms with E-state index in [1.165, 1.54) is 13.3 Å². The molecular weight excluding hydrogens is 418 g/mol. The van der Waals surface area contributed by atoms with Gasteiger partial charge in [0.1, 0.15) is 6.54 Å². The van der Waals surface area contributed by atoms with Crippen LogP contribution in [0.5, 0.6) is 11.5 Å². The summed E-state index contributed by atoms with van der Waals surface area (Å²) in [6.07, 6.45) is 1.47. The number of nitrogens with zero attached hydrogens (tertiary/aromatic N) is 3. The maximum atomic E-state index is 12.0. The van der Waals surface area contributed by atoms with E-state index < -0.39 is 5.91 Å². The van der Waals surface area contributed by atoms with E-state index in [9.17, 15) is 9.59 Å². The van der Waals surface area contributed by atoms with Crippen LogP contribution in [0.25, 0.3) is 0 Å². The van der Waals surface area contributed by atoms with E-state index in [0.717, 1.165) is 15.9 Å². The fourth-order valence-corrected chi connectivity index (χ4v) is 2.50. The Hall–Kier alpha value is -2.88. The second-order valence-corrected chi connectivity index (χ2v) is 6.39. The predicted octanol–water partition coefficient (Wildman–Crippen LogP) is 1.29. The van der Waals surface area contributed by atoms with E-state index in [4.69, 9.17) is 15.2 Å². The summed E-state index contributed by atoms with van der Waals surface area (Å²) in [5.41, 5.74) is 9.86. The molecule has 1 aromatic heterocycles. The molecule has 2 aromatic rings. The van der Waals surface area contributed by atoms with Crippen LogP contribution in [0, 0.1) is 13.8 Å². The highest BCUT2D eigenvalue weighted by atomic mass is 79.9. The van der Waals surface area contributed by atoms with Gasteiger partial charge in [-0.2, -0.15) is 10.2 Å². The molecule has 0 spiro atoms. The SMILES string of the molecule is COc1cc(/C=N/NC(=O)Cn2nc(C)c(Br)c2C)ccc1OCC(N)=O. The number of amides is 2. The molecule has 0 saturated heterocycles. The number of nitrogens with two attached hydrogens (primary N) is 1. The second-order valence-electron chi connectivity index (χ2n) is 5.60. The summed E-state index contributed by atoms with van der Waals surface area (Å²) in [6, 6.07) is 4.98. The average Bonchev–Trinajstić information content (AvgIpc) is 2.87. The molecule has 0 aliphatic rings. The molecule has 0 bridgehead atoms. The monoisotopic (exact) mass is 437 g/mol. The Morgan fingerprint density at radius 1 is 1.37 bits per heavy atom. The van der Waals surface area contributed by atoms with Crippen molar-refractivity contribution in [3.8, 4) is 11.5 Å². The van der Waals surface area contributed by atoms with Crippen molar-refractivity contribution in [3.63, 3.8) is 0 Å². The number of rotatable bonds is 8. The van der Waals surface area contributed by atoms with Crippen LogP contribution in [0.4, 0.5) is 0 Å². The Morgan fingerprint density at radius 2 is 2.11 bits per heavy atom. The molecule has 2 rings (SSSR count). The number of hydrogen-bond acceptors (Lipinski definition) is 6. The average molecular weight is 438 g/mol. The zero-order chi connectivity index (χ0) is 20.0. The largest absolute Gasteiger partial charge is 0.493 e. The van der Waals surface area contributed by atoms with Gasteiger partial charge in [0.25, 0.3) is 11.8 Å². The molecule has 0 saturated carbocycles. The summed E-state index contributed by atoms with van der Waals surface area (Å²) in [4.78, 5) is 22.8. The van der Waals surface area contributed by atoms with Crippen LogP contribution in [-0.2, 0) is 16.1 Å². The van der Waals surface area contributed by atoms with Crippen LogP contribution >= 0.6 is 15.9 Å². The molecule has 27 heavy (non-hydrogen) atoms. The first-order chi connectivity index (χ1) is 12.8. The normalized spacial score (nSPS) is 10.8. The van der Waals surface area contributed by atoms with Crippen molar-refractivity contribution in [3.05, 3.63) is 39.6 Å². The second kappa shape index (κ2) is 9.17. The number of hydrazone groups is 1. The molecule has 3 N–H and O–H groups in total. The van der Waals surface area contributed by atoms with E-state index in [-0.39, 0.29) is 19.1 Å². The van der Waals surface area contributed by atoms with Gasteiger partial charge >= 0.3 is 0 Å². The summed E-state index contributed by atoms with van der Waals surface area (Å²) in [7, 11) is 1.47. The lowest BCUT2D eigenvalue weighted by molar-refractivity contribution is -0.122. The van der Waals surface area contributed by atoms with Crippen LogP contribution in [0.15, 0.2) is 27.8 Å². The number of aryl methyl sites for hydroxylation is 1. The lowest BCUT2D eigenvalue weighted by Gasteiger charge is -2.09. The first-order valence-corrected chi connectivity index (χ1v) is 8.71. The Balaban J connectivity index is 1.97. The lowest BCUT2D eigenvalue weighted by atomic mass is 10.2. The molecule has 0 radical (unpaired) electrons. The van der Waals surface area contributed by atoms with Gasteiger partial charge in [0.15, 0.2) is 18.1 Å². The van der Waals surface area contributed by atoms with Gasteiger partial charge in [0.2, 0.25) is 0 Å². The number of hydrogen-bond donors (Lipinski definition) is 2. The molecule has 0 atom stereocenters. The molecule has 9 nitrogen and oxygen atoms in total. The summed E-state index contributed by atoms with van der Waals surface area (Å²) in [6.45, 7) is 3.53. The Bertz CT molecular complexity index is 878. The number of carbonyl (C=O) groups excluding carboxylic acids is 2. The number of aromatic nitrogens is 2. The first-order valence-electron chi connectivity index (χ1n) is 7.92. The van der Waals surface area contributed by atoms with Gasteiger partial charge in [-0.1, -0.05) is 0 Å². The number of benzene rings is 1. The van der Waals surface area contributed by atoms with E-state index in [1.807, 2.05) is 13.8 Å². The fraction of sp³-hybridized carbons (Fsp3) is 0.294. The standard InChI is InChI=1S/C17H20BrN5O4/c1-10-17(18)11(2)23(22-10)8-16(25)21-20-7-12-4-5-13(14(6-12)26-3)27-9-15(19)24/h4-7H,8-9H2,1-3H3,(H2,19,24)(H,21,25)/b20-7+. The molecule has 0 aliphatic heterocycles. The first kappa shape index (κ1) is 20.4. The number of primary amides is 1. The van der Waals surface area contributed by atoms with Gasteiger partial charge < -0.3 is 15.2 Å². The van der Waals surface area contributed by atoms with Crippen molar-refractivity contribution in [2.45, 2.75) is 20.4 Å². The highest BCUT2D eigenvalue weighted by Gasteiger charge is 2.11. The van der Waals surface area contributed by atoms with E-state index in [2.05, 4.69) is 31.6 Å². The minimum absolute atomic E-state index is 0.0544. The van der Waals surface area contributed by atoms with Crippen molar-refractivity contribution in [1.29, 1.82) is 0 Å². The number of methoxy groups -OCH3 is 1. The zero-order valence-electron chi connectivity index (χ0n) is 15.2. The molecule has 0 unspecified atom stereocenters.